The smallest absolute Gasteiger partial charge is 0.0619 e. The Morgan fingerprint density at radius 1 is 0.688 bits per heavy atom. The van der Waals surface area contributed by atoms with Crippen LogP contribution in [0.5, 0.6) is 0 Å². The lowest BCUT2D eigenvalue weighted by Crippen LogP contribution is -2.02. The Morgan fingerprint density at radius 2 is 1.06 bits per heavy atom. The average molecular weight is 214 g/mol. The van der Waals surface area contributed by atoms with Crippen LogP contribution in [0.4, 0.5) is 0 Å². The van der Waals surface area contributed by atoms with Crippen molar-refractivity contribution in [2.24, 2.45) is 0 Å². The van der Waals surface area contributed by atoms with E-state index in [0.29, 0.717) is 0 Å². The van der Waals surface area contributed by atoms with E-state index in [1.165, 1.54) is 0 Å². The van der Waals surface area contributed by atoms with Crippen LogP contribution in [-0.4, -0.2) is 19.9 Å². The maximum absolute atomic E-state index is 4.31. The fourth-order valence-corrected chi connectivity index (χ4v) is 1.60. The number of hydrogen-bond acceptors (Lipinski definition) is 4. The first kappa shape index (κ1) is 10.7. The van der Waals surface area contributed by atoms with Gasteiger partial charge in [0.15, 0.2) is 0 Å². The average Bonchev–Trinajstić information content (AvgIpc) is 2.30. The topological polar surface area (TPSA) is 51.6 Å². The molecule has 2 aromatic heterocycles. The lowest BCUT2D eigenvalue weighted by atomic mass is 10.1. The van der Waals surface area contributed by atoms with Crippen LogP contribution < -0.4 is 0 Å². The summed E-state index contributed by atoms with van der Waals surface area (Å²) >= 11 is 0. The van der Waals surface area contributed by atoms with Crippen LogP contribution >= 0.6 is 0 Å². The van der Waals surface area contributed by atoms with E-state index in [9.17, 15) is 0 Å². The number of aryl methyl sites for hydroxylation is 4. The Bertz CT molecular complexity index is 436. The fraction of sp³-hybridized carbons (Fsp3) is 0.333. The van der Waals surface area contributed by atoms with Crippen LogP contribution in [0.25, 0.3) is 0 Å². The molecule has 0 aliphatic heterocycles. The van der Waals surface area contributed by atoms with Gasteiger partial charge in [-0.25, -0.2) is 0 Å². The lowest BCUT2D eigenvalue weighted by molar-refractivity contribution is 0.833. The number of aromatic nitrogens is 4. The first-order valence-electron chi connectivity index (χ1n) is 5.30. The van der Waals surface area contributed by atoms with Crippen molar-refractivity contribution >= 4 is 0 Å². The summed E-state index contributed by atoms with van der Waals surface area (Å²) in [5.41, 5.74) is 4.05. The van der Waals surface area contributed by atoms with E-state index in [4.69, 9.17) is 0 Å². The second-order valence-electron chi connectivity index (χ2n) is 3.68. The summed E-state index contributed by atoms with van der Waals surface area (Å²) in [5.74, 6) is 0. The van der Waals surface area contributed by atoms with Gasteiger partial charge in [0.05, 0.1) is 22.8 Å². The first-order valence-corrected chi connectivity index (χ1v) is 5.30. The molecule has 2 rings (SSSR count). The van der Waals surface area contributed by atoms with Crippen molar-refractivity contribution < 1.29 is 0 Å². The van der Waals surface area contributed by atoms with Crippen molar-refractivity contribution in [2.75, 3.05) is 0 Å². The Kier molecular flexibility index (Phi) is 3.19. The molecule has 0 aromatic carbocycles. The molecule has 4 nitrogen and oxygen atoms in total. The van der Waals surface area contributed by atoms with Gasteiger partial charge in [0, 0.05) is 24.8 Å². The van der Waals surface area contributed by atoms with E-state index in [0.717, 1.165) is 35.6 Å². The molecule has 0 spiro atoms. The molecule has 0 fully saturated rings. The van der Waals surface area contributed by atoms with Crippen LogP contribution in [0.2, 0.25) is 0 Å². The van der Waals surface area contributed by atoms with Gasteiger partial charge in [-0.05, 0) is 26.7 Å². The lowest BCUT2D eigenvalue weighted by Gasteiger charge is -2.04. The van der Waals surface area contributed by atoms with Gasteiger partial charge in [-0.1, -0.05) is 0 Å². The molecule has 0 aliphatic carbocycles. The van der Waals surface area contributed by atoms with E-state index in [1.54, 1.807) is 24.8 Å². The van der Waals surface area contributed by atoms with Crippen molar-refractivity contribution in [3.63, 3.8) is 0 Å². The van der Waals surface area contributed by atoms with Crippen LogP contribution in [-0.2, 0) is 12.8 Å². The molecule has 82 valence electrons. The first-order chi connectivity index (χ1) is 7.77. The highest BCUT2D eigenvalue weighted by Crippen LogP contribution is 2.07. The third-order valence-electron chi connectivity index (χ3n) is 2.56. The molecule has 0 bridgehead atoms. The predicted molar refractivity (Wildman–Crippen MR) is 60.9 cm³/mol. The van der Waals surface area contributed by atoms with Crippen molar-refractivity contribution in [3.8, 4) is 0 Å². The zero-order valence-corrected chi connectivity index (χ0v) is 9.51. The summed E-state index contributed by atoms with van der Waals surface area (Å²) in [7, 11) is 0. The van der Waals surface area contributed by atoms with Gasteiger partial charge in [-0.2, -0.15) is 0 Å². The van der Waals surface area contributed by atoms with Crippen LogP contribution in [0.15, 0.2) is 24.8 Å². The molecular formula is C12H14N4. The zero-order chi connectivity index (χ0) is 11.4. The van der Waals surface area contributed by atoms with Crippen molar-refractivity contribution in [2.45, 2.75) is 26.7 Å². The Hall–Kier alpha value is -1.84. The molecule has 0 saturated heterocycles. The van der Waals surface area contributed by atoms with E-state index >= 15 is 0 Å². The molecule has 0 N–H and O–H groups in total. The minimum Gasteiger partial charge on any atom is -0.258 e. The molecule has 0 radical (unpaired) electrons. The molecule has 0 aliphatic rings. The highest BCUT2D eigenvalue weighted by atomic mass is 14.8. The molecular weight excluding hydrogens is 200 g/mol. The Balaban J connectivity index is 2.09. The maximum Gasteiger partial charge on any atom is 0.0619 e. The summed E-state index contributed by atoms with van der Waals surface area (Å²) in [6, 6.07) is 0. The van der Waals surface area contributed by atoms with E-state index in [2.05, 4.69) is 19.9 Å². The summed E-state index contributed by atoms with van der Waals surface area (Å²) in [6.45, 7) is 3.96. The van der Waals surface area contributed by atoms with Gasteiger partial charge in [0.1, 0.15) is 0 Å². The molecule has 0 unspecified atom stereocenters. The zero-order valence-electron chi connectivity index (χ0n) is 9.51. The van der Waals surface area contributed by atoms with Gasteiger partial charge < -0.3 is 0 Å². The second kappa shape index (κ2) is 4.79. The quantitative estimate of drug-likeness (QED) is 0.779. The van der Waals surface area contributed by atoms with E-state index in [1.807, 2.05) is 13.8 Å². The van der Waals surface area contributed by atoms with Crippen LogP contribution in [0.3, 0.4) is 0 Å². The predicted octanol–water partition coefficient (Wildman–Crippen LogP) is 1.67. The largest absolute Gasteiger partial charge is 0.258 e. The fourth-order valence-electron chi connectivity index (χ4n) is 1.60. The van der Waals surface area contributed by atoms with Crippen molar-refractivity contribution in [3.05, 3.63) is 47.6 Å². The van der Waals surface area contributed by atoms with Crippen LogP contribution in [0.1, 0.15) is 22.8 Å². The highest BCUT2D eigenvalue weighted by Gasteiger charge is 2.04. The van der Waals surface area contributed by atoms with Gasteiger partial charge in [-0.15, -0.1) is 0 Å². The third kappa shape index (κ3) is 2.39. The molecule has 16 heavy (non-hydrogen) atoms. The molecule has 2 aromatic rings. The van der Waals surface area contributed by atoms with Crippen molar-refractivity contribution in [1.29, 1.82) is 0 Å². The standard InChI is InChI=1S/C12H14N4/c1-9-11(15-7-5-13-9)3-4-12-10(2)14-6-8-16-12/h5-8H,3-4H2,1-2H3. The van der Waals surface area contributed by atoms with Gasteiger partial charge in [-0.3, -0.25) is 19.9 Å². The molecule has 0 amide bonds. The van der Waals surface area contributed by atoms with Gasteiger partial charge in [0.2, 0.25) is 0 Å². The monoisotopic (exact) mass is 214 g/mol. The summed E-state index contributed by atoms with van der Waals surface area (Å²) in [4.78, 5) is 17.1. The van der Waals surface area contributed by atoms with Gasteiger partial charge >= 0.3 is 0 Å². The van der Waals surface area contributed by atoms with E-state index < -0.39 is 0 Å². The number of rotatable bonds is 3. The number of nitrogens with zero attached hydrogens (tertiary/aromatic N) is 4. The minimum atomic E-state index is 0.860. The molecule has 0 atom stereocenters. The minimum absolute atomic E-state index is 0.860. The molecule has 2 heterocycles. The molecule has 0 saturated carbocycles. The van der Waals surface area contributed by atoms with Crippen LogP contribution in [0, 0.1) is 13.8 Å². The summed E-state index contributed by atoms with van der Waals surface area (Å²) in [5, 5.41) is 0. The third-order valence-corrected chi connectivity index (χ3v) is 2.56. The SMILES string of the molecule is Cc1nccnc1CCc1nccnc1C. The Morgan fingerprint density at radius 3 is 1.44 bits per heavy atom. The maximum atomic E-state index is 4.31. The van der Waals surface area contributed by atoms with E-state index in [-0.39, 0.29) is 0 Å². The normalized spacial score (nSPS) is 10.4. The summed E-state index contributed by atoms with van der Waals surface area (Å²) < 4.78 is 0. The van der Waals surface area contributed by atoms with Gasteiger partial charge in [0.25, 0.3) is 0 Å². The Labute approximate surface area is 94.8 Å². The highest BCUT2D eigenvalue weighted by molar-refractivity contribution is 5.14. The molecule has 4 heteroatoms. The summed E-state index contributed by atoms with van der Waals surface area (Å²) in [6.07, 6.45) is 8.61. The van der Waals surface area contributed by atoms with Crippen molar-refractivity contribution in [1.82, 2.24) is 19.9 Å². The second-order valence-corrected chi connectivity index (χ2v) is 3.68. The number of hydrogen-bond donors (Lipinski definition) is 0.